The summed E-state index contributed by atoms with van der Waals surface area (Å²) in [6.45, 7) is -20.0. The average Bonchev–Trinajstić information content (AvgIpc) is 1.60. The number of imidazole rings is 5. The number of anilines is 3. The molecule has 21 heterocycles. The summed E-state index contributed by atoms with van der Waals surface area (Å²) in [7, 11) is -10.1. The number of alkyl halides is 2. The van der Waals surface area contributed by atoms with Gasteiger partial charge < -0.3 is 109 Å². The van der Waals surface area contributed by atoms with Crippen LogP contribution in [0.3, 0.4) is 0 Å². The fraction of sp³-hybridized carbons (Fsp3) is 0.508. The van der Waals surface area contributed by atoms with E-state index in [2.05, 4.69) is 107 Å². The molecule has 6 unspecified atom stereocenters. The Morgan fingerprint density at radius 1 is 0.414 bits per heavy atom. The molecule has 0 aliphatic carbocycles. The van der Waals surface area contributed by atoms with Crippen molar-refractivity contribution in [3.05, 3.63) is 113 Å². The molecule has 21 rings (SSSR count). The van der Waals surface area contributed by atoms with Gasteiger partial charge in [-0.15, -0.1) is 16.9 Å². The number of hydrogen-bond donors (Lipinski definition) is 17. The smallest absolute Gasteiger partial charge is 0.389 e. The van der Waals surface area contributed by atoms with Gasteiger partial charge in [-0.05, 0) is 35.4 Å². The Kier molecular flexibility index (Phi) is 25.3. The highest BCUT2D eigenvalue weighted by Gasteiger charge is 2.58. The normalized spacial score (nSPS) is 36.9. The third-order valence-electron chi connectivity index (χ3n) is 21.4. The first-order valence-electron chi connectivity index (χ1n) is 38.4. The largest absolute Gasteiger partial charge is 0.472 e. The van der Waals surface area contributed by atoms with Crippen molar-refractivity contribution in [1.29, 1.82) is 0 Å². The van der Waals surface area contributed by atoms with Gasteiger partial charge in [-0.1, -0.05) is 17.5 Å². The molecule has 0 amide bonds. The molecule has 74 heteroatoms. The molecule has 9 aliphatic rings. The third-order valence-corrected chi connectivity index (χ3v) is 31.3. The minimum absolute atomic E-state index is 0.00370. The number of phosphoric acid groups is 2. The molecular formula is C59H66F2N28O33P6S5. The van der Waals surface area contributed by atoms with Gasteiger partial charge in [-0.3, -0.25) is 103 Å². The number of aliphatic hydroxyl groups is 2. The quantitative estimate of drug-likeness (QED) is 0.0605. The van der Waals surface area contributed by atoms with Crippen LogP contribution in [0.25, 0.3) is 67.0 Å². The van der Waals surface area contributed by atoms with Gasteiger partial charge in [0.05, 0.1) is 114 Å². The summed E-state index contributed by atoms with van der Waals surface area (Å²) in [5.74, 6) is -0.595. The van der Waals surface area contributed by atoms with Crippen molar-refractivity contribution in [2.45, 2.75) is 146 Å². The van der Waals surface area contributed by atoms with Crippen LogP contribution in [0.15, 0.2) is 79.4 Å². The van der Waals surface area contributed by atoms with Crippen LogP contribution in [0.1, 0.15) is 49.4 Å². The Hall–Kier alpha value is -8.33. The van der Waals surface area contributed by atoms with E-state index < -0.39 is 236 Å². The summed E-state index contributed by atoms with van der Waals surface area (Å²) >= 11 is 20.6. The fourth-order valence-corrected chi connectivity index (χ4v) is 25.1. The molecule has 6 bridgehead atoms. The Labute approximate surface area is 756 Å². The van der Waals surface area contributed by atoms with Crippen molar-refractivity contribution < 1.29 is 135 Å². The number of nitrogens with two attached hydrogens (primary N) is 3. The number of rotatable bonds is 6. The van der Waals surface area contributed by atoms with Gasteiger partial charge in [-0.25, -0.2) is 62.3 Å². The molecule has 133 heavy (non-hydrogen) atoms. The van der Waals surface area contributed by atoms with E-state index in [1.807, 2.05) is 0 Å². The number of aromatic amines is 6. The molecule has 9 fully saturated rings. The zero-order chi connectivity index (χ0) is 93.8. The third kappa shape index (κ3) is 18.6. The predicted molar refractivity (Wildman–Crippen MR) is 452 cm³/mol. The molecule has 0 radical (unpaired) electrons. The molecular weight excluding hydrogens is 2010 g/mol. The summed E-state index contributed by atoms with van der Waals surface area (Å²) < 4.78 is 174. The maximum Gasteiger partial charge on any atom is 0.472 e. The van der Waals surface area contributed by atoms with Gasteiger partial charge in [-0.2, -0.15) is 19.6 Å². The first-order chi connectivity index (χ1) is 63.1. The summed E-state index contributed by atoms with van der Waals surface area (Å²) in [5.41, 5.74) is 13.0. The Bertz CT molecular complexity index is 7000. The van der Waals surface area contributed by atoms with Gasteiger partial charge in [0.2, 0.25) is 17.8 Å². The summed E-state index contributed by atoms with van der Waals surface area (Å²) in [4.78, 5) is 186. The number of halogens is 2. The molecule has 0 spiro atoms. The van der Waals surface area contributed by atoms with E-state index in [1.54, 1.807) is 0 Å². The highest BCUT2D eigenvalue weighted by Crippen LogP contribution is 2.61. The van der Waals surface area contributed by atoms with Gasteiger partial charge in [0.1, 0.15) is 66.4 Å². The van der Waals surface area contributed by atoms with Crippen molar-refractivity contribution >= 4 is 187 Å². The van der Waals surface area contributed by atoms with Crippen LogP contribution in [-0.2, 0) is 127 Å². The van der Waals surface area contributed by atoms with Crippen LogP contribution in [0.2, 0.25) is 0 Å². The number of ether oxygens (including phenoxy) is 5. The van der Waals surface area contributed by atoms with Crippen molar-refractivity contribution in [1.82, 2.24) is 123 Å². The Balaban J connectivity index is 0.000000129. The zero-order valence-electron chi connectivity index (χ0n) is 66.0. The lowest BCUT2D eigenvalue weighted by Crippen LogP contribution is -2.36. The molecule has 28 atom stereocenters. The number of aliphatic hydroxyl groups excluding tert-OH is 2. The summed E-state index contributed by atoms with van der Waals surface area (Å²) in [5, 5.41) is 27.6. The van der Waals surface area contributed by atoms with E-state index in [0.717, 1.165) is 48.1 Å². The number of nitrogens with zero attached hydrogens (tertiary/aromatic N) is 19. The average molecular weight is 2080 g/mol. The highest BCUT2D eigenvalue weighted by molar-refractivity contribution is 8.44. The number of hydrogen-bond acceptors (Lipinski definition) is 48. The number of nitrogen functional groups attached to an aromatic ring is 3. The van der Waals surface area contributed by atoms with Crippen molar-refractivity contribution in [3.8, 4) is 0 Å². The molecule has 19 N–H and O–H groups in total. The van der Waals surface area contributed by atoms with E-state index in [1.165, 1.54) is 41.8 Å². The van der Waals surface area contributed by atoms with Crippen molar-refractivity contribution in [2.24, 2.45) is 0 Å². The van der Waals surface area contributed by atoms with E-state index in [-0.39, 0.29) is 111 Å². The summed E-state index contributed by atoms with van der Waals surface area (Å²) in [6.07, 6.45) is -18.8. The molecule has 9 aliphatic heterocycles. The predicted octanol–water partition coefficient (Wildman–Crippen LogP) is -2.48. The van der Waals surface area contributed by atoms with Gasteiger partial charge >= 0.3 is 42.6 Å². The second kappa shape index (κ2) is 35.9. The minimum Gasteiger partial charge on any atom is -0.389 e. The van der Waals surface area contributed by atoms with Crippen molar-refractivity contribution in [3.63, 3.8) is 0 Å². The number of thioether (sulfide) groups is 1. The standard InChI is InChI=1S/C20H22FN9O10P2S2.C20H23N9O13P2S.C19H21FN10O10P2S2/c21-10-13-9(38-19(10)29-5-25-11-14(29)23-4-24-16(11)31)3-36-41(33,43)39-8-1-7(2-35-42(34,44)40-13)37-18(8)30-6-26-12-15(30)27-20(22)28-17(12)32;21-20-26-15-9(17(33)27-20)25-5-29(15)19-13-10(30)7(45-19)2-39-44(36,37)41-12-6(1-38-43(34,35)42-13)40-18(11(12)31)28-4-24-8-14(28)22-3-23-16(8)32;20-9-12-8(38-18(9)30-13-11(27-28-30)15(31)23-4-22-13)3-36-41(33,43)39-7-1-6(2-35-42(34,44)40-12)37-17(7)29-5-24-10-14(29)25-19(21)26-16(10)32/h4-10,13,18-19H,1-3H2,(H,33,43)(H,34,44)(H,23,24,31)(H3,22,27,28,32);3-7,10-13,18-19,30-31H,1-2H2,(H,34,35)(H,36,37)(H,22,23,32)(H3,21,26,27,33);4-9,12,17-18H,1-3H2,(H,33,43)(H,34,44)(H,22,23,31)(H3,21,25,26,32)/t7-,8+,9+,10-,13+,18+,19+,41?,42?;6-,7-,10-,11-,12-,13-,18-,19-;6-,7+,8+,9-,12+,17+,18+,41?,42?/m010/s1. The number of thiol groups is 1. The molecule has 12 aromatic heterocycles. The lowest BCUT2D eigenvalue weighted by molar-refractivity contribution is -0.0616. The van der Waals surface area contributed by atoms with Crippen LogP contribution >= 0.6 is 66.6 Å². The Morgan fingerprint density at radius 2 is 0.805 bits per heavy atom. The molecule has 0 aromatic carbocycles. The molecule has 9 saturated heterocycles. The van der Waals surface area contributed by atoms with Crippen LogP contribution in [0.5, 0.6) is 0 Å². The molecule has 61 nitrogen and oxygen atoms in total. The monoisotopic (exact) mass is 2080 g/mol. The molecule has 12 aromatic rings. The number of phosphoric ester groups is 2. The highest BCUT2D eigenvalue weighted by atomic mass is 32.7. The fourth-order valence-electron chi connectivity index (χ4n) is 15.7. The maximum atomic E-state index is 15.9. The SMILES string of the molecule is Nc1nc2c(ncn2[C@@H]2O[C@@H]3COP(O)(=S)O[C@H]4[C@H](F)[C@H](n5cnc6c(=O)[nH]cnc65)O[C@@H]4COP(=O)(S)O[C@@H]2C3)c(=O)[nH]1.Nc1nc2c(ncn2[C@@H]2O[C@@H]3COP(O)(=S)O[C@H]4[C@H](F)[C@H](n5nnc6c(=O)[nH]cnc65)O[C@@H]4COP(O)(=S)O[C@@H]2C3)c(=O)[nH]1.Nc1nc2c(ncn2[C@@H]2S[C@@H]3COP(=O)(O)O[C@H]4[C@@H](O)[C@H](n5cnc6c(=O)[nH]cnc65)O[C@@H]4COP(=O)(O)O[C@@H]2[C@@H]3O)c(=O)[nH]1. The van der Waals surface area contributed by atoms with E-state index in [0.29, 0.717) is 0 Å². The van der Waals surface area contributed by atoms with Gasteiger partial charge in [0.15, 0.2) is 110 Å². The summed E-state index contributed by atoms with van der Waals surface area (Å²) in [6, 6.07) is 0. The molecule has 0 saturated carbocycles. The van der Waals surface area contributed by atoms with Crippen LogP contribution in [0.4, 0.5) is 26.6 Å². The second-order valence-electron chi connectivity index (χ2n) is 29.9. The number of nitrogens with one attached hydrogen (secondary N) is 6. The number of fused-ring (bicyclic) bond motifs is 15. The topological polar surface area (TPSA) is 822 Å². The van der Waals surface area contributed by atoms with Gasteiger partial charge in [0, 0.05) is 12.8 Å². The van der Waals surface area contributed by atoms with Crippen LogP contribution in [-0.4, -0.2) is 294 Å². The lowest BCUT2D eigenvalue weighted by atomic mass is 10.1. The van der Waals surface area contributed by atoms with Crippen molar-refractivity contribution in [2.75, 3.05) is 56.8 Å². The van der Waals surface area contributed by atoms with E-state index in [9.17, 15) is 77.1 Å². The second-order valence-corrected chi connectivity index (χ2v) is 45.3. The number of H-pyrrole nitrogens is 6. The lowest BCUT2D eigenvalue weighted by Gasteiger charge is -2.27. The first kappa shape index (κ1) is 93.7. The first-order valence-corrected chi connectivity index (χ1v) is 52.8. The van der Waals surface area contributed by atoms with Crippen LogP contribution in [0, 0.1) is 0 Å². The maximum absolute atomic E-state index is 15.9. The minimum atomic E-state index is -5.07. The van der Waals surface area contributed by atoms with Crippen LogP contribution < -0.4 is 50.6 Å². The Morgan fingerprint density at radius 3 is 1.33 bits per heavy atom. The van der Waals surface area contributed by atoms with Gasteiger partial charge in [0.25, 0.3) is 33.4 Å². The molecule has 714 valence electrons. The van der Waals surface area contributed by atoms with E-state index in [4.69, 9.17) is 131 Å². The zero-order valence-corrected chi connectivity index (χ0v) is 75.5. The number of aromatic nitrogens is 25. The van der Waals surface area contributed by atoms with E-state index >= 15 is 8.78 Å².